The number of amides is 3. The molecule has 49 heavy (non-hydrogen) atoms. The fourth-order valence-electron chi connectivity index (χ4n) is 6.60. The molecule has 3 heterocycles. The van der Waals surface area contributed by atoms with Crippen molar-refractivity contribution in [1.29, 1.82) is 0 Å². The molecule has 12 nitrogen and oxygen atoms in total. The van der Waals surface area contributed by atoms with E-state index in [1.807, 2.05) is 66.7 Å². The van der Waals surface area contributed by atoms with Crippen molar-refractivity contribution >= 4 is 34.9 Å². The summed E-state index contributed by atoms with van der Waals surface area (Å²) in [6.45, 7) is 5.23. The van der Waals surface area contributed by atoms with Gasteiger partial charge >= 0.3 is 12.1 Å². The number of carbonyl (C=O) groups excluding carboxylic acids is 3. The second-order valence-corrected chi connectivity index (χ2v) is 14.1. The van der Waals surface area contributed by atoms with Gasteiger partial charge in [-0.3, -0.25) is 9.59 Å². The van der Waals surface area contributed by atoms with Gasteiger partial charge in [0, 0.05) is 17.9 Å². The zero-order valence-electron chi connectivity index (χ0n) is 28.1. The Hall–Kier alpha value is -5.00. The van der Waals surface area contributed by atoms with Crippen LogP contribution in [-0.2, 0) is 19.1 Å². The molecule has 0 radical (unpaired) electrons. The van der Waals surface area contributed by atoms with Crippen LogP contribution < -0.4 is 15.4 Å². The summed E-state index contributed by atoms with van der Waals surface area (Å²) in [5.74, 6) is -2.26. The van der Waals surface area contributed by atoms with Gasteiger partial charge in [0.15, 0.2) is 0 Å². The summed E-state index contributed by atoms with van der Waals surface area (Å²) >= 11 is 0. The van der Waals surface area contributed by atoms with Gasteiger partial charge in [-0.25, -0.2) is 19.6 Å². The number of alkyl carbamates (subject to hydrolysis) is 1. The molecule has 2 aliphatic heterocycles. The molecule has 6 rings (SSSR count). The molecule has 5 atom stereocenters. The normalized spacial score (nSPS) is 26.7. The third-order valence-corrected chi connectivity index (χ3v) is 9.18. The highest BCUT2D eigenvalue weighted by Crippen LogP contribution is 2.45. The van der Waals surface area contributed by atoms with Crippen LogP contribution in [0.1, 0.15) is 65.7 Å². The van der Waals surface area contributed by atoms with Gasteiger partial charge in [-0.2, -0.15) is 0 Å². The molecule has 3 N–H and O–H groups in total. The average Bonchev–Trinajstić information content (AvgIpc) is 3.60. The van der Waals surface area contributed by atoms with Gasteiger partial charge in [-0.05, 0) is 58.6 Å². The Balaban J connectivity index is 1.33. The minimum Gasteiger partial charge on any atom is -0.479 e. The van der Waals surface area contributed by atoms with Crippen LogP contribution in [0.2, 0.25) is 0 Å². The van der Waals surface area contributed by atoms with Crippen molar-refractivity contribution in [3.05, 3.63) is 66.7 Å². The largest absolute Gasteiger partial charge is 0.479 e. The molecule has 1 aromatic heterocycles. The van der Waals surface area contributed by atoms with Gasteiger partial charge in [-0.1, -0.05) is 67.5 Å². The highest BCUT2D eigenvalue weighted by atomic mass is 16.6. The number of fused-ring (bicyclic) bond motifs is 3. The minimum absolute atomic E-state index is 0.00948. The lowest BCUT2D eigenvalue weighted by atomic mass is 10.0. The molecule has 3 unspecified atom stereocenters. The Morgan fingerprint density at radius 1 is 1.00 bits per heavy atom. The number of carbonyl (C=O) groups is 4. The number of nitrogens with zero attached hydrogens (tertiary/aromatic N) is 3. The van der Waals surface area contributed by atoms with E-state index in [0.29, 0.717) is 29.6 Å². The summed E-state index contributed by atoms with van der Waals surface area (Å²) in [6.07, 6.45) is 6.13. The number of ether oxygens (including phenoxy) is 2. The number of nitrogens with one attached hydrogen (secondary N) is 2. The lowest BCUT2D eigenvalue weighted by molar-refractivity contribution is -0.145. The number of hydrogen-bond donors (Lipinski definition) is 3. The zero-order chi connectivity index (χ0) is 34.8. The van der Waals surface area contributed by atoms with Crippen LogP contribution >= 0.6 is 0 Å². The Morgan fingerprint density at radius 2 is 1.71 bits per heavy atom. The fraction of sp³-hybridized carbons (Fsp3) is 0.459. The molecule has 2 fully saturated rings. The molecule has 2 aromatic carbocycles. The Bertz CT molecular complexity index is 1760. The highest BCUT2D eigenvalue weighted by Gasteiger charge is 2.61. The van der Waals surface area contributed by atoms with Crippen molar-refractivity contribution in [1.82, 2.24) is 25.5 Å². The second kappa shape index (κ2) is 13.9. The van der Waals surface area contributed by atoms with Crippen molar-refractivity contribution in [3.63, 3.8) is 0 Å². The highest BCUT2D eigenvalue weighted by molar-refractivity contribution is 5.96. The van der Waals surface area contributed by atoms with Crippen LogP contribution in [0.5, 0.6) is 5.88 Å². The molecule has 1 aliphatic carbocycles. The maximum absolute atomic E-state index is 14.3. The fourth-order valence-corrected chi connectivity index (χ4v) is 6.60. The Morgan fingerprint density at radius 3 is 2.43 bits per heavy atom. The third-order valence-electron chi connectivity index (χ3n) is 9.18. The molecule has 0 spiro atoms. The maximum Gasteiger partial charge on any atom is 0.408 e. The minimum atomic E-state index is -1.44. The predicted octanol–water partition coefficient (Wildman–Crippen LogP) is 5.02. The van der Waals surface area contributed by atoms with Crippen LogP contribution in [0.15, 0.2) is 66.7 Å². The van der Waals surface area contributed by atoms with Crippen molar-refractivity contribution in [2.75, 3.05) is 6.54 Å². The Kier molecular flexibility index (Phi) is 9.58. The van der Waals surface area contributed by atoms with E-state index in [-0.39, 0.29) is 31.2 Å². The number of allylic oxidation sites excluding steroid dienone is 1. The van der Waals surface area contributed by atoms with Crippen molar-refractivity contribution < 1.29 is 33.8 Å². The van der Waals surface area contributed by atoms with E-state index in [4.69, 9.17) is 19.4 Å². The van der Waals surface area contributed by atoms with Crippen molar-refractivity contribution in [2.24, 2.45) is 5.92 Å². The summed E-state index contributed by atoms with van der Waals surface area (Å²) < 4.78 is 12.0. The number of benzene rings is 2. The van der Waals surface area contributed by atoms with Crippen LogP contribution in [-0.4, -0.2) is 79.7 Å². The van der Waals surface area contributed by atoms with E-state index in [1.54, 1.807) is 20.8 Å². The second-order valence-electron chi connectivity index (χ2n) is 14.1. The van der Waals surface area contributed by atoms with Gasteiger partial charge < -0.3 is 30.1 Å². The Labute approximate surface area is 285 Å². The van der Waals surface area contributed by atoms with Gasteiger partial charge in [0.1, 0.15) is 35.0 Å². The van der Waals surface area contributed by atoms with Crippen molar-refractivity contribution in [2.45, 2.75) is 95.0 Å². The number of para-hydroxylation sites is 2. The maximum atomic E-state index is 14.3. The first-order valence-corrected chi connectivity index (χ1v) is 16.9. The summed E-state index contributed by atoms with van der Waals surface area (Å²) in [5.41, 5.74) is 0.385. The van der Waals surface area contributed by atoms with E-state index in [2.05, 4.69) is 10.6 Å². The first kappa shape index (κ1) is 33.9. The molecule has 258 valence electrons. The van der Waals surface area contributed by atoms with Gasteiger partial charge in [-0.15, -0.1) is 0 Å². The van der Waals surface area contributed by atoms with Crippen LogP contribution in [0, 0.1) is 5.92 Å². The van der Waals surface area contributed by atoms with Gasteiger partial charge in [0.2, 0.25) is 17.7 Å². The first-order valence-electron chi connectivity index (χ1n) is 16.9. The lowest BCUT2D eigenvalue weighted by Gasteiger charge is -2.30. The van der Waals surface area contributed by atoms with E-state index in [1.165, 1.54) is 4.90 Å². The van der Waals surface area contributed by atoms with Gasteiger partial charge in [0.05, 0.1) is 17.6 Å². The summed E-state index contributed by atoms with van der Waals surface area (Å²) in [6, 6.07) is 14.9. The summed E-state index contributed by atoms with van der Waals surface area (Å²) in [7, 11) is 0. The smallest absolute Gasteiger partial charge is 0.408 e. The predicted molar refractivity (Wildman–Crippen MR) is 182 cm³/mol. The number of carboxylic acid groups (broad SMARTS) is 1. The number of aromatic nitrogens is 2. The molecule has 1 saturated heterocycles. The topological polar surface area (TPSA) is 160 Å². The standard InChI is InChI=1S/C37H43N5O7/c1-36(2,3)49-35(47)40-28-19-11-6-4-5-10-16-24-21-37(24,34(45)46)41-31(43)29-20-25(22-42(29)33(28)44)48-32-30(23-14-8-7-9-15-23)38-26-17-12-13-18-27(26)39-32/h7-10,12-18,24-25,28-29H,4-6,11,19-22H2,1-3H3,(H,40,47)(H,41,43)(H,45,46)/b16-10-/t24?,25-,28+,29?,37?/m1/s1. The summed E-state index contributed by atoms with van der Waals surface area (Å²) in [4.78, 5) is 64.8. The van der Waals surface area contributed by atoms with Crippen LogP contribution in [0.3, 0.4) is 0 Å². The zero-order valence-corrected chi connectivity index (χ0v) is 28.1. The van der Waals surface area contributed by atoms with Crippen LogP contribution in [0.25, 0.3) is 22.3 Å². The van der Waals surface area contributed by atoms with E-state index in [9.17, 15) is 24.3 Å². The molecule has 1 saturated carbocycles. The number of carboxylic acids is 1. The molecular weight excluding hydrogens is 626 g/mol. The number of aliphatic carboxylic acids is 1. The number of rotatable bonds is 5. The van der Waals surface area contributed by atoms with E-state index >= 15 is 0 Å². The molecular formula is C37H43N5O7. The molecule has 0 bridgehead atoms. The quantitative estimate of drug-likeness (QED) is 0.317. The third kappa shape index (κ3) is 7.68. The number of hydrogen-bond acceptors (Lipinski definition) is 8. The molecule has 3 amide bonds. The first-order chi connectivity index (χ1) is 23.4. The molecule has 12 heteroatoms. The SMILES string of the molecule is CC(C)(C)OC(=O)N[C@H]1CCCCC/C=C\C2CC2(C(=O)O)NC(=O)C2C[C@@H](Oc3nc4ccccc4nc3-c3ccccc3)CN2C1=O. The van der Waals surface area contributed by atoms with E-state index < -0.39 is 53.2 Å². The van der Waals surface area contributed by atoms with E-state index in [0.717, 1.165) is 24.8 Å². The lowest BCUT2D eigenvalue weighted by Crippen LogP contribution is -2.56. The molecule has 3 aromatic rings. The van der Waals surface area contributed by atoms with Gasteiger partial charge in [0.25, 0.3) is 0 Å². The molecule has 3 aliphatic rings. The monoisotopic (exact) mass is 669 g/mol. The van der Waals surface area contributed by atoms with Crippen molar-refractivity contribution in [3.8, 4) is 17.1 Å². The average molecular weight is 670 g/mol. The summed E-state index contributed by atoms with van der Waals surface area (Å²) in [5, 5.41) is 15.7. The van der Waals surface area contributed by atoms with Crippen LogP contribution in [0.4, 0.5) is 4.79 Å².